The van der Waals surface area contributed by atoms with Crippen LogP contribution in [0.25, 0.3) is 0 Å². The molecule has 0 radical (unpaired) electrons. The minimum atomic E-state index is 0.239. The number of nitrogens with zero attached hydrogens (tertiary/aromatic N) is 2. The SMILES string of the molecule is O=C(C1CC1c1ccccc1)N1CCC(CN2CCOCC2)CC1. The first-order valence-corrected chi connectivity index (χ1v) is 9.45. The van der Waals surface area contributed by atoms with Crippen LogP contribution in [0.1, 0.15) is 30.7 Å². The van der Waals surface area contributed by atoms with Crippen molar-refractivity contribution in [1.29, 1.82) is 0 Å². The third-order valence-electron chi connectivity index (χ3n) is 5.88. The van der Waals surface area contributed by atoms with Gasteiger partial charge in [-0.05, 0) is 36.7 Å². The molecular formula is C20H28N2O2. The van der Waals surface area contributed by atoms with E-state index in [-0.39, 0.29) is 5.92 Å². The van der Waals surface area contributed by atoms with E-state index in [0.717, 1.165) is 64.6 Å². The van der Waals surface area contributed by atoms with Crippen molar-refractivity contribution in [2.24, 2.45) is 11.8 Å². The quantitative estimate of drug-likeness (QED) is 0.851. The van der Waals surface area contributed by atoms with Gasteiger partial charge in [-0.25, -0.2) is 0 Å². The maximum Gasteiger partial charge on any atom is 0.226 e. The zero-order valence-electron chi connectivity index (χ0n) is 14.4. The summed E-state index contributed by atoms with van der Waals surface area (Å²) in [5.74, 6) is 1.85. The zero-order valence-corrected chi connectivity index (χ0v) is 14.4. The standard InChI is InChI=1S/C20H28N2O2/c23-20(19-14-18(19)17-4-2-1-3-5-17)22-8-6-16(7-9-22)15-21-10-12-24-13-11-21/h1-5,16,18-19H,6-15H2. The molecule has 1 amide bonds. The van der Waals surface area contributed by atoms with Gasteiger partial charge in [0.05, 0.1) is 13.2 Å². The van der Waals surface area contributed by atoms with Crippen LogP contribution in [-0.4, -0.2) is 61.6 Å². The molecule has 3 aliphatic rings. The van der Waals surface area contributed by atoms with Crippen molar-refractivity contribution in [3.8, 4) is 0 Å². The summed E-state index contributed by atoms with van der Waals surface area (Å²) in [6, 6.07) is 10.5. The molecule has 3 fully saturated rings. The summed E-state index contributed by atoms with van der Waals surface area (Å²) in [4.78, 5) is 17.4. The molecule has 0 aromatic heterocycles. The number of piperidine rings is 1. The molecule has 1 aliphatic carbocycles. The molecule has 2 heterocycles. The van der Waals surface area contributed by atoms with Gasteiger partial charge in [-0.1, -0.05) is 30.3 Å². The first kappa shape index (κ1) is 16.1. The number of hydrogen-bond donors (Lipinski definition) is 0. The lowest BCUT2D eigenvalue weighted by atomic mass is 9.95. The molecule has 1 saturated carbocycles. The highest BCUT2D eigenvalue weighted by Gasteiger charge is 2.46. The molecule has 4 nitrogen and oxygen atoms in total. The van der Waals surface area contributed by atoms with Crippen molar-refractivity contribution in [2.45, 2.75) is 25.2 Å². The Bertz CT molecular complexity index is 548. The van der Waals surface area contributed by atoms with Gasteiger partial charge in [0.2, 0.25) is 5.91 Å². The van der Waals surface area contributed by atoms with Crippen LogP contribution in [0.3, 0.4) is 0 Å². The first-order chi connectivity index (χ1) is 11.8. The molecule has 1 aromatic rings. The monoisotopic (exact) mass is 328 g/mol. The van der Waals surface area contributed by atoms with Crippen LogP contribution in [0.2, 0.25) is 0 Å². The van der Waals surface area contributed by atoms with Crippen LogP contribution in [0, 0.1) is 11.8 Å². The Morgan fingerprint density at radius 3 is 2.46 bits per heavy atom. The summed E-state index contributed by atoms with van der Waals surface area (Å²) in [5, 5.41) is 0. The van der Waals surface area contributed by atoms with Crippen molar-refractivity contribution in [3.05, 3.63) is 35.9 Å². The van der Waals surface area contributed by atoms with Gasteiger partial charge in [0.25, 0.3) is 0 Å². The third kappa shape index (κ3) is 3.65. The zero-order chi connectivity index (χ0) is 16.4. The van der Waals surface area contributed by atoms with E-state index in [4.69, 9.17) is 4.74 Å². The van der Waals surface area contributed by atoms with Crippen LogP contribution in [0.15, 0.2) is 30.3 Å². The van der Waals surface area contributed by atoms with E-state index in [1.165, 1.54) is 12.1 Å². The molecule has 4 rings (SSSR count). The van der Waals surface area contributed by atoms with Crippen molar-refractivity contribution in [3.63, 3.8) is 0 Å². The lowest BCUT2D eigenvalue weighted by molar-refractivity contribution is -0.134. The van der Waals surface area contributed by atoms with Crippen molar-refractivity contribution in [1.82, 2.24) is 9.80 Å². The topological polar surface area (TPSA) is 32.8 Å². The van der Waals surface area contributed by atoms with Crippen LogP contribution in [0.4, 0.5) is 0 Å². The minimum absolute atomic E-state index is 0.239. The summed E-state index contributed by atoms with van der Waals surface area (Å²) in [6.45, 7) is 6.97. The second kappa shape index (κ2) is 7.24. The van der Waals surface area contributed by atoms with Crippen LogP contribution in [-0.2, 0) is 9.53 Å². The fourth-order valence-corrected chi connectivity index (χ4v) is 4.26. The van der Waals surface area contributed by atoms with E-state index in [1.807, 2.05) is 6.07 Å². The lowest BCUT2D eigenvalue weighted by Gasteiger charge is -2.36. The normalized spacial score (nSPS) is 28.8. The molecule has 1 aromatic carbocycles. The first-order valence-electron chi connectivity index (χ1n) is 9.45. The van der Waals surface area contributed by atoms with E-state index in [9.17, 15) is 4.79 Å². The average molecular weight is 328 g/mol. The predicted molar refractivity (Wildman–Crippen MR) is 93.9 cm³/mol. The number of morpholine rings is 1. The van der Waals surface area contributed by atoms with Crippen molar-refractivity contribution < 1.29 is 9.53 Å². The number of hydrogen-bond acceptors (Lipinski definition) is 3. The van der Waals surface area contributed by atoms with E-state index >= 15 is 0 Å². The highest BCUT2D eigenvalue weighted by molar-refractivity contribution is 5.83. The highest BCUT2D eigenvalue weighted by atomic mass is 16.5. The Morgan fingerprint density at radius 1 is 1.04 bits per heavy atom. The van der Waals surface area contributed by atoms with Crippen LogP contribution in [0.5, 0.6) is 0 Å². The molecule has 2 aliphatic heterocycles. The predicted octanol–water partition coefficient (Wildman–Crippen LogP) is 2.36. The number of likely N-dealkylation sites (tertiary alicyclic amines) is 1. The Hall–Kier alpha value is -1.39. The van der Waals surface area contributed by atoms with Gasteiger partial charge in [-0.3, -0.25) is 9.69 Å². The molecule has 2 atom stereocenters. The Balaban J connectivity index is 1.23. The summed E-state index contributed by atoms with van der Waals surface area (Å²) >= 11 is 0. The number of carbonyl (C=O) groups excluding carboxylic acids is 1. The van der Waals surface area contributed by atoms with Gasteiger partial charge in [-0.15, -0.1) is 0 Å². The van der Waals surface area contributed by atoms with Crippen molar-refractivity contribution in [2.75, 3.05) is 45.9 Å². The number of carbonyl (C=O) groups is 1. The second-order valence-corrected chi connectivity index (χ2v) is 7.54. The Morgan fingerprint density at radius 2 is 1.75 bits per heavy atom. The third-order valence-corrected chi connectivity index (χ3v) is 5.88. The molecule has 4 heteroatoms. The van der Waals surface area contributed by atoms with Gasteiger partial charge >= 0.3 is 0 Å². The van der Waals surface area contributed by atoms with Crippen LogP contribution >= 0.6 is 0 Å². The number of amides is 1. The van der Waals surface area contributed by atoms with Gasteiger partial charge in [0.1, 0.15) is 0 Å². The molecule has 130 valence electrons. The number of ether oxygens (including phenoxy) is 1. The van der Waals surface area contributed by atoms with E-state index < -0.39 is 0 Å². The average Bonchev–Trinajstić information content (AvgIpc) is 3.44. The van der Waals surface area contributed by atoms with Gasteiger partial charge in [0.15, 0.2) is 0 Å². The molecular weight excluding hydrogens is 300 g/mol. The summed E-state index contributed by atoms with van der Waals surface area (Å²) in [6.07, 6.45) is 3.36. The van der Waals surface area contributed by atoms with E-state index in [1.54, 1.807) is 0 Å². The smallest absolute Gasteiger partial charge is 0.226 e. The lowest BCUT2D eigenvalue weighted by Crippen LogP contribution is -2.44. The van der Waals surface area contributed by atoms with E-state index in [2.05, 4.69) is 34.1 Å². The Kier molecular flexibility index (Phi) is 4.86. The minimum Gasteiger partial charge on any atom is -0.379 e. The highest BCUT2D eigenvalue weighted by Crippen LogP contribution is 2.48. The molecule has 2 unspecified atom stereocenters. The molecule has 0 bridgehead atoms. The maximum atomic E-state index is 12.7. The largest absolute Gasteiger partial charge is 0.379 e. The molecule has 0 N–H and O–H groups in total. The van der Waals surface area contributed by atoms with Gasteiger partial charge in [-0.2, -0.15) is 0 Å². The molecule has 2 saturated heterocycles. The fourth-order valence-electron chi connectivity index (χ4n) is 4.26. The Labute approximate surface area is 144 Å². The second-order valence-electron chi connectivity index (χ2n) is 7.54. The molecule has 24 heavy (non-hydrogen) atoms. The van der Waals surface area contributed by atoms with Crippen LogP contribution < -0.4 is 0 Å². The maximum absolute atomic E-state index is 12.7. The van der Waals surface area contributed by atoms with Crippen molar-refractivity contribution >= 4 is 5.91 Å². The fraction of sp³-hybridized carbons (Fsp3) is 0.650. The summed E-state index contributed by atoms with van der Waals surface area (Å²) < 4.78 is 5.42. The molecule has 0 spiro atoms. The van der Waals surface area contributed by atoms with Gasteiger partial charge in [0, 0.05) is 38.6 Å². The summed E-state index contributed by atoms with van der Waals surface area (Å²) in [5.41, 5.74) is 1.33. The summed E-state index contributed by atoms with van der Waals surface area (Å²) in [7, 11) is 0. The van der Waals surface area contributed by atoms with E-state index in [0.29, 0.717) is 11.8 Å². The number of rotatable bonds is 4. The van der Waals surface area contributed by atoms with Gasteiger partial charge < -0.3 is 9.64 Å². The number of benzene rings is 1.